The first-order valence-electron chi connectivity index (χ1n) is 6.72. The number of hydrazine groups is 1. The zero-order valence-corrected chi connectivity index (χ0v) is 11.4. The van der Waals surface area contributed by atoms with E-state index in [-0.39, 0.29) is 5.91 Å². The van der Waals surface area contributed by atoms with Gasteiger partial charge in [-0.3, -0.25) is 9.80 Å². The quantitative estimate of drug-likeness (QED) is 0.889. The van der Waals surface area contributed by atoms with Crippen molar-refractivity contribution in [1.82, 2.24) is 10.4 Å². The van der Waals surface area contributed by atoms with Gasteiger partial charge in [-0.1, -0.05) is 32.0 Å². The summed E-state index contributed by atoms with van der Waals surface area (Å²) in [6, 6.07) is 10.2. The molecule has 1 aliphatic heterocycles. The van der Waals surface area contributed by atoms with Crippen LogP contribution in [-0.4, -0.2) is 23.0 Å². The molecule has 0 aromatic heterocycles. The third kappa shape index (κ3) is 2.91. The Morgan fingerprint density at radius 2 is 2.06 bits per heavy atom. The molecule has 0 bridgehead atoms. The predicted octanol–water partition coefficient (Wildman–Crippen LogP) is 2.84. The van der Waals surface area contributed by atoms with E-state index in [2.05, 4.69) is 26.2 Å². The summed E-state index contributed by atoms with van der Waals surface area (Å²) in [5, 5.41) is 1.83. The van der Waals surface area contributed by atoms with Crippen molar-refractivity contribution in [3.63, 3.8) is 0 Å². The van der Waals surface area contributed by atoms with Gasteiger partial charge < -0.3 is 0 Å². The van der Waals surface area contributed by atoms with Gasteiger partial charge in [-0.25, -0.2) is 5.43 Å². The van der Waals surface area contributed by atoms with Crippen LogP contribution in [0.5, 0.6) is 0 Å². The highest BCUT2D eigenvalue weighted by Gasteiger charge is 2.33. The fourth-order valence-corrected chi connectivity index (χ4v) is 2.60. The molecule has 0 aliphatic carbocycles. The van der Waals surface area contributed by atoms with Crippen LogP contribution in [0.1, 0.15) is 44.0 Å². The second kappa shape index (κ2) is 5.53. The molecule has 1 aliphatic rings. The molecule has 0 radical (unpaired) electrons. The molecule has 1 N–H and O–H groups in total. The Hall–Kier alpha value is -1.35. The topological polar surface area (TPSA) is 32.3 Å². The van der Waals surface area contributed by atoms with Gasteiger partial charge in [-0.2, -0.15) is 0 Å². The van der Waals surface area contributed by atoms with Crippen molar-refractivity contribution in [2.75, 3.05) is 0 Å². The van der Waals surface area contributed by atoms with E-state index < -0.39 is 0 Å². The molecule has 0 unspecified atom stereocenters. The molecule has 1 aromatic carbocycles. The molecule has 18 heavy (non-hydrogen) atoms. The van der Waals surface area contributed by atoms with Gasteiger partial charge in [0.25, 0.3) is 5.91 Å². The van der Waals surface area contributed by atoms with Crippen LogP contribution in [0.25, 0.3) is 0 Å². The van der Waals surface area contributed by atoms with Gasteiger partial charge in [0.2, 0.25) is 0 Å². The van der Waals surface area contributed by atoms with Crippen molar-refractivity contribution in [1.29, 1.82) is 0 Å². The molecule has 1 amide bonds. The summed E-state index contributed by atoms with van der Waals surface area (Å²) in [4.78, 5) is 12.4. The molecule has 2 atom stereocenters. The van der Waals surface area contributed by atoms with Gasteiger partial charge >= 0.3 is 0 Å². The van der Waals surface area contributed by atoms with Gasteiger partial charge in [0.15, 0.2) is 0 Å². The Morgan fingerprint density at radius 3 is 2.67 bits per heavy atom. The van der Waals surface area contributed by atoms with E-state index in [1.807, 2.05) is 35.3 Å². The minimum absolute atomic E-state index is 0.0885. The number of carbonyl (C=O) groups excluding carboxylic acids is 1. The highest BCUT2D eigenvalue weighted by atomic mass is 16.2. The number of nitrogens with one attached hydrogen (secondary N) is 1. The van der Waals surface area contributed by atoms with Gasteiger partial charge in [0.05, 0.1) is 6.04 Å². The highest BCUT2D eigenvalue weighted by Crippen LogP contribution is 2.23. The van der Waals surface area contributed by atoms with E-state index in [1.54, 1.807) is 0 Å². The second-order valence-electron chi connectivity index (χ2n) is 5.59. The Balaban J connectivity index is 2.13. The lowest BCUT2D eigenvalue weighted by atomic mass is 9.99. The minimum Gasteiger partial charge on any atom is -0.270 e. The Morgan fingerprint density at radius 1 is 1.39 bits per heavy atom. The van der Waals surface area contributed by atoms with Crippen LogP contribution >= 0.6 is 0 Å². The van der Waals surface area contributed by atoms with Crippen LogP contribution < -0.4 is 5.43 Å². The van der Waals surface area contributed by atoms with E-state index in [0.29, 0.717) is 18.0 Å². The molecule has 98 valence electrons. The van der Waals surface area contributed by atoms with Crippen molar-refractivity contribution >= 4 is 5.91 Å². The maximum atomic E-state index is 12.4. The average molecular weight is 246 g/mol. The van der Waals surface area contributed by atoms with E-state index in [4.69, 9.17) is 0 Å². The molecule has 1 aromatic rings. The maximum Gasteiger partial charge on any atom is 0.268 e. The lowest BCUT2D eigenvalue weighted by molar-refractivity contribution is 0.0622. The molecule has 0 saturated carbocycles. The van der Waals surface area contributed by atoms with Crippen molar-refractivity contribution in [2.45, 2.75) is 45.7 Å². The molecule has 1 saturated heterocycles. The van der Waals surface area contributed by atoms with Crippen LogP contribution in [0, 0.1) is 5.92 Å². The summed E-state index contributed by atoms with van der Waals surface area (Å²) in [6.07, 6.45) is 2.09. The third-order valence-electron chi connectivity index (χ3n) is 3.33. The molecule has 1 heterocycles. The largest absolute Gasteiger partial charge is 0.270 e. The average Bonchev–Trinajstić information content (AvgIpc) is 2.69. The van der Waals surface area contributed by atoms with Gasteiger partial charge in [0.1, 0.15) is 0 Å². The van der Waals surface area contributed by atoms with E-state index in [0.717, 1.165) is 18.4 Å². The van der Waals surface area contributed by atoms with Gasteiger partial charge in [-0.15, -0.1) is 0 Å². The zero-order valence-electron chi connectivity index (χ0n) is 11.4. The number of carbonyl (C=O) groups is 1. The van der Waals surface area contributed by atoms with Crippen molar-refractivity contribution in [2.24, 2.45) is 5.92 Å². The smallest absolute Gasteiger partial charge is 0.268 e. The Bertz CT molecular complexity index is 402. The SMILES string of the molecule is CC(C)C[C@H]1C[C@@H](C)NN1C(=O)c1ccccc1. The van der Waals surface area contributed by atoms with E-state index in [1.165, 1.54) is 0 Å². The minimum atomic E-state index is 0.0885. The number of hydrogen-bond acceptors (Lipinski definition) is 2. The summed E-state index contributed by atoms with van der Waals surface area (Å²) in [6.45, 7) is 6.54. The molecule has 1 fully saturated rings. The standard InChI is InChI=1S/C15H22N2O/c1-11(2)9-14-10-12(3)16-17(14)15(18)13-7-5-4-6-8-13/h4-8,11-12,14,16H,9-10H2,1-3H3/t12-,14+/m1/s1. The number of rotatable bonds is 3. The first kappa shape index (κ1) is 13.1. The molecule has 0 spiro atoms. The zero-order chi connectivity index (χ0) is 13.1. The van der Waals surface area contributed by atoms with Crippen molar-refractivity contribution in [3.8, 4) is 0 Å². The first-order valence-corrected chi connectivity index (χ1v) is 6.72. The van der Waals surface area contributed by atoms with Gasteiger partial charge in [0, 0.05) is 11.6 Å². The fraction of sp³-hybridized carbons (Fsp3) is 0.533. The molecule has 3 heteroatoms. The summed E-state index contributed by atoms with van der Waals surface area (Å²) < 4.78 is 0. The molecule has 2 rings (SSSR count). The van der Waals surface area contributed by atoms with E-state index in [9.17, 15) is 4.79 Å². The van der Waals surface area contributed by atoms with Crippen molar-refractivity contribution < 1.29 is 4.79 Å². The fourth-order valence-electron chi connectivity index (χ4n) is 2.60. The highest BCUT2D eigenvalue weighted by molar-refractivity contribution is 5.94. The van der Waals surface area contributed by atoms with Crippen LogP contribution in [-0.2, 0) is 0 Å². The Kier molecular flexibility index (Phi) is 4.02. The monoisotopic (exact) mass is 246 g/mol. The summed E-state index contributed by atoms with van der Waals surface area (Å²) in [7, 11) is 0. The normalized spacial score (nSPS) is 23.7. The third-order valence-corrected chi connectivity index (χ3v) is 3.33. The van der Waals surface area contributed by atoms with Crippen molar-refractivity contribution in [3.05, 3.63) is 35.9 Å². The number of benzene rings is 1. The number of amides is 1. The lowest BCUT2D eigenvalue weighted by Crippen LogP contribution is -2.44. The van der Waals surface area contributed by atoms with Crippen LogP contribution in [0.2, 0.25) is 0 Å². The summed E-state index contributed by atoms with van der Waals surface area (Å²) in [5.41, 5.74) is 4.05. The maximum absolute atomic E-state index is 12.4. The van der Waals surface area contributed by atoms with Crippen LogP contribution in [0.4, 0.5) is 0 Å². The lowest BCUT2D eigenvalue weighted by Gasteiger charge is -2.25. The predicted molar refractivity (Wildman–Crippen MR) is 73.1 cm³/mol. The van der Waals surface area contributed by atoms with Crippen LogP contribution in [0.3, 0.4) is 0 Å². The summed E-state index contributed by atoms with van der Waals surface area (Å²) in [5.74, 6) is 0.693. The molecular formula is C15H22N2O. The van der Waals surface area contributed by atoms with E-state index >= 15 is 0 Å². The Labute approximate surface area is 109 Å². The van der Waals surface area contributed by atoms with Crippen LogP contribution in [0.15, 0.2) is 30.3 Å². The summed E-state index contributed by atoms with van der Waals surface area (Å²) >= 11 is 0. The van der Waals surface area contributed by atoms with Gasteiger partial charge in [-0.05, 0) is 37.8 Å². The number of hydrogen-bond donors (Lipinski definition) is 1. The second-order valence-corrected chi connectivity index (χ2v) is 5.59. The molecular weight excluding hydrogens is 224 g/mol. The first-order chi connectivity index (χ1) is 8.58. The molecule has 3 nitrogen and oxygen atoms in total. The number of nitrogens with zero attached hydrogens (tertiary/aromatic N) is 1.